The van der Waals surface area contributed by atoms with Gasteiger partial charge in [0.05, 0.1) is 5.54 Å². The minimum atomic E-state index is -2.38. The van der Waals surface area contributed by atoms with Crippen molar-refractivity contribution in [3.8, 4) is 0 Å². The summed E-state index contributed by atoms with van der Waals surface area (Å²) in [6.45, 7) is 0. The summed E-state index contributed by atoms with van der Waals surface area (Å²) in [4.78, 5) is 14.6. The van der Waals surface area contributed by atoms with Gasteiger partial charge in [0.2, 0.25) is 12.5 Å². The van der Waals surface area contributed by atoms with Crippen molar-refractivity contribution >= 4 is 6.08 Å². The van der Waals surface area contributed by atoms with Gasteiger partial charge in [-0.3, -0.25) is 0 Å². The number of isocyanates is 1. The summed E-state index contributed by atoms with van der Waals surface area (Å²) in [6.07, 6.45) is 2.36. The second-order valence-corrected chi connectivity index (χ2v) is 4.69. The SMILES string of the molecule is O=C=NC1(c2ccccc2CC(F)F)CCCC1. The molecular formula is C14H15F2NO. The fourth-order valence-corrected chi connectivity index (χ4v) is 2.81. The first kappa shape index (κ1) is 12.9. The van der Waals surface area contributed by atoms with Gasteiger partial charge in [0.25, 0.3) is 0 Å². The number of halogens is 2. The standard InChI is InChI=1S/C14H15F2NO/c15-13(16)9-11-5-1-2-6-12(11)14(17-10-18)7-3-4-8-14/h1-2,5-6,13H,3-4,7-9H2. The molecule has 0 radical (unpaired) electrons. The molecule has 0 atom stereocenters. The number of carbonyl (C=O) groups excluding carboxylic acids is 1. The number of rotatable bonds is 4. The van der Waals surface area contributed by atoms with E-state index in [9.17, 15) is 13.6 Å². The van der Waals surface area contributed by atoms with Gasteiger partial charge in [-0.25, -0.2) is 13.6 Å². The fourth-order valence-electron chi connectivity index (χ4n) is 2.81. The van der Waals surface area contributed by atoms with Crippen molar-refractivity contribution < 1.29 is 13.6 Å². The van der Waals surface area contributed by atoms with Crippen LogP contribution in [0.2, 0.25) is 0 Å². The van der Waals surface area contributed by atoms with Crippen LogP contribution in [0.25, 0.3) is 0 Å². The molecule has 0 unspecified atom stereocenters. The molecule has 0 saturated heterocycles. The van der Waals surface area contributed by atoms with Gasteiger partial charge in [-0.1, -0.05) is 37.1 Å². The van der Waals surface area contributed by atoms with E-state index in [0.29, 0.717) is 5.56 Å². The minimum absolute atomic E-state index is 0.285. The zero-order valence-electron chi connectivity index (χ0n) is 10.0. The predicted molar refractivity (Wildman–Crippen MR) is 64.4 cm³/mol. The van der Waals surface area contributed by atoms with Gasteiger partial charge in [-0.05, 0) is 24.0 Å². The van der Waals surface area contributed by atoms with Crippen LogP contribution in [0.5, 0.6) is 0 Å². The van der Waals surface area contributed by atoms with Gasteiger partial charge in [-0.2, -0.15) is 4.99 Å². The van der Waals surface area contributed by atoms with Crippen LogP contribution in [-0.2, 0) is 16.8 Å². The Balaban J connectivity index is 2.44. The summed E-state index contributed by atoms with van der Waals surface area (Å²) in [5, 5.41) is 0. The second kappa shape index (κ2) is 5.40. The first-order chi connectivity index (χ1) is 8.68. The summed E-state index contributed by atoms with van der Waals surface area (Å²) < 4.78 is 25.2. The summed E-state index contributed by atoms with van der Waals surface area (Å²) in [6, 6.07) is 7.06. The molecule has 0 bridgehead atoms. The molecule has 18 heavy (non-hydrogen) atoms. The smallest absolute Gasteiger partial charge is 0.211 e. The third kappa shape index (κ3) is 2.49. The topological polar surface area (TPSA) is 29.4 Å². The predicted octanol–water partition coefficient (Wildman–Crippen LogP) is 3.60. The van der Waals surface area contributed by atoms with Crippen molar-refractivity contribution in [3.05, 3.63) is 35.4 Å². The van der Waals surface area contributed by atoms with Crippen LogP contribution in [0.3, 0.4) is 0 Å². The molecule has 0 aliphatic heterocycles. The Kier molecular flexibility index (Phi) is 3.87. The molecule has 2 rings (SSSR count). The Morgan fingerprint density at radius 3 is 2.56 bits per heavy atom. The van der Waals surface area contributed by atoms with Crippen molar-refractivity contribution in [2.24, 2.45) is 4.99 Å². The number of alkyl halides is 2. The van der Waals surface area contributed by atoms with Crippen LogP contribution < -0.4 is 0 Å². The van der Waals surface area contributed by atoms with Crippen LogP contribution in [0.4, 0.5) is 8.78 Å². The van der Waals surface area contributed by atoms with Crippen LogP contribution in [0.15, 0.2) is 29.3 Å². The lowest BCUT2D eigenvalue weighted by Crippen LogP contribution is -2.21. The highest BCUT2D eigenvalue weighted by atomic mass is 19.3. The van der Waals surface area contributed by atoms with E-state index in [1.165, 1.54) is 0 Å². The highest BCUT2D eigenvalue weighted by Crippen LogP contribution is 2.43. The van der Waals surface area contributed by atoms with Crippen LogP contribution in [0, 0.1) is 0 Å². The lowest BCUT2D eigenvalue weighted by Gasteiger charge is -2.25. The third-order valence-electron chi connectivity index (χ3n) is 3.58. The Morgan fingerprint density at radius 2 is 1.94 bits per heavy atom. The van der Waals surface area contributed by atoms with E-state index >= 15 is 0 Å². The van der Waals surface area contributed by atoms with Crippen molar-refractivity contribution in [2.45, 2.75) is 44.1 Å². The van der Waals surface area contributed by atoms with Gasteiger partial charge in [0, 0.05) is 6.42 Å². The van der Waals surface area contributed by atoms with Crippen molar-refractivity contribution in [3.63, 3.8) is 0 Å². The molecule has 4 heteroatoms. The molecule has 0 amide bonds. The Morgan fingerprint density at radius 1 is 1.28 bits per heavy atom. The van der Waals surface area contributed by atoms with Crippen LogP contribution in [0.1, 0.15) is 36.8 Å². The fraction of sp³-hybridized carbons (Fsp3) is 0.500. The average molecular weight is 251 g/mol. The molecule has 1 aromatic rings. The first-order valence-electron chi connectivity index (χ1n) is 6.13. The Labute approximate surface area is 105 Å². The maximum atomic E-state index is 12.6. The van der Waals surface area contributed by atoms with Crippen LogP contribution >= 0.6 is 0 Å². The Hall–Kier alpha value is -1.54. The highest BCUT2D eigenvalue weighted by Gasteiger charge is 2.37. The number of aliphatic imine (C=N–C) groups is 1. The van der Waals surface area contributed by atoms with Crippen molar-refractivity contribution in [1.82, 2.24) is 0 Å². The number of nitrogens with zero attached hydrogens (tertiary/aromatic N) is 1. The molecule has 0 N–H and O–H groups in total. The van der Waals surface area contributed by atoms with Gasteiger partial charge in [0.1, 0.15) is 0 Å². The first-order valence-corrected chi connectivity index (χ1v) is 6.13. The average Bonchev–Trinajstić information content (AvgIpc) is 2.79. The molecule has 0 heterocycles. The van der Waals surface area contributed by atoms with E-state index in [2.05, 4.69) is 4.99 Å². The maximum Gasteiger partial charge on any atom is 0.242 e. The number of hydrogen-bond donors (Lipinski definition) is 0. The van der Waals surface area contributed by atoms with Gasteiger partial charge in [-0.15, -0.1) is 0 Å². The van der Waals surface area contributed by atoms with E-state index in [0.717, 1.165) is 31.2 Å². The molecule has 1 saturated carbocycles. The lowest BCUT2D eigenvalue weighted by atomic mass is 9.84. The second-order valence-electron chi connectivity index (χ2n) is 4.69. The van der Waals surface area contributed by atoms with E-state index in [-0.39, 0.29) is 6.42 Å². The Bertz CT molecular complexity index is 461. The normalized spacial score (nSPS) is 17.7. The summed E-state index contributed by atoms with van der Waals surface area (Å²) in [5.41, 5.74) is 0.743. The lowest BCUT2D eigenvalue weighted by molar-refractivity contribution is 0.148. The highest BCUT2D eigenvalue weighted by molar-refractivity contribution is 5.41. The van der Waals surface area contributed by atoms with Crippen molar-refractivity contribution in [2.75, 3.05) is 0 Å². The maximum absolute atomic E-state index is 12.6. The molecule has 0 aromatic heterocycles. The monoisotopic (exact) mass is 251 g/mol. The molecule has 1 aliphatic rings. The van der Waals surface area contributed by atoms with Gasteiger partial charge in [0.15, 0.2) is 0 Å². The minimum Gasteiger partial charge on any atom is -0.211 e. The third-order valence-corrected chi connectivity index (χ3v) is 3.58. The van der Waals surface area contributed by atoms with E-state index in [1.54, 1.807) is 18.2 Å². The molecule has 0 spiro atoms. The van der Waals surface area contributed by atoms with E-state index in [1.807, 2.05) is 12.1 Å². The number of benzene rings is 1. The molecule has 2 nitrogen and oxygen atoms in total. The molecular weight excluding hydrogens is 236 g/mol. The zero-order chi connectivity index (χ0) is 13.0. The van der Waals surface area contributed by atoms with E-state index in [4.69, 9.17) is 0 Å². The van der Waals surface area contributed by atoms with Crippen molar-refractivity contribution in [1.29, 1.82) is 0 Å². The van der Waals surface area contributed by atoms with Gasteiger partial charge < -0.3 is 0 Å². The number of hydrogen-bond acceptors (Lipinski definition) is 2. The molecule has 1 aliphatic carbocycles. The van der Waals surface area contributed by atoms with Gasteiger partial charge >= 0.3 is 0 Å². The summed E-state index contributed by atoms with van der Waals surface area (Å²) in [5.74, 6) is 0. The van der Waals surface area contributed by atoms with E-state index < -0.39 is 12.0 Å². The summed E-state index contributed by atoms with van der Waals surface area (Å²) >= 11 is 0. The molecule has 1 fully saturated rings. The molecule has 1 aromatic carbocycles. The van der Waals surface area contributed by atoms with Crippen LogP contribution in [-0.4, -0.2) is 12.5 Å². The largest absolute Gasteiger partial charge is 0.242 e. The zero-order valence-corrected chi connectivity index (χ0v) is 10.0. The molecule has 96 valence electrons. The quantitative estimate of drug-likeness (QED) is 0.594. The summed E-state index contributed by atoms with van der Waals surface area (Å²) in [7, 11) is 0.